The van der Waals surface area contributed by atoms with E-state index in [0.29, 0.717) is 31.8 Å². The van der Waals surface area contributed by atoms with Gasteiger partial charge in [-0.25, -0.2) is 4.39 Å². The van der Waals surface area contributed by atoms with Crippen LogP contribution in [0.3, 0.4) is 0 Å². The number of ether oxygens (including phenoxy) is 1. The molecule has 3 rings (SSSR count). The average molecular weight is 336 g/mol. The van der Waals surface area contributed by atoms with Crippen molar-refractivity contribution in [3.8, 4) is 5.75 Å². The maximum absolute atomic E-state index is 13.5. The van der Waals surface area contributed by atoms with Crippen molar-refractivity contribution < 1.29 is 23.8 Å². The summed E-state index contributed by atoms with van der Waals surface area (Å²) in [6, 6.07) is 3.41. The third-order valence-corrected chi connectivity index (χ3v) is 5.16. The maximum atomic E-state index is 13.5. The molecular weight excluding hydrogens is 315 g/mol. The van der Waals surface area contributed by atoms with Crippen LogP contribution in [-0.2, 0) is 4.79 Å². The minimum absolute atomic E-state index is 0.0636. The Kier molecular flexibility index (Phi) is 4.45. The van der Waals surface area contributed by atoms with Gasteiger partial charge in [-0.15, -0.1) is 0 Å². The zero-order valence-corrected chi connectivity index (χ0v) is 13.5. The Bertz CT molecular complexity index is 656. The van der Waals surface area contributed by atoms with E-state index in [2.05, 4.69) is 5.32 Å². The Morgan fingerprint density at radius 1 is 1.38 bits per heavy atom. The highest BCUT2D eigenvalue weighted by Crippen LogP contribution is 2.39. The number of piperidine rings is 1. The smallest absolute Gasteiger partial charge is 0.320 e. The molecule has 1 aromatic rings. The summed E-state index contributed by atoms with van der Waals surface area (Å²) >= 11 is 0. The molecule has 1 amide bonds. The molecule has 7 heteroatoms. The van der Waals surface area contributed by atoms with Crippen molar-refractivity contribution in [1.82, 2.24) is 10.2 Å². The quantitative estimate of drug-likeness (QED) is 0.875. The number of carboxylic acid groups (broad SMARTS) is 1. The van der Waals surface area contributed by atoms with Gasteiger partial charge in [0.2, 0.25) is 0 Å². The van der Waals surface area contributed by atoms with Crippen LogP contribution in [0.5, 0.6) is 5.75 Å². The fourth-order valence-electron chi connectivity index (χ4n) is 3.67. The zero-order chi connectivity index (χ0) is 17.3. The number of carboxylic acids is 1. The summed E-state index contributed by atoms with van der Waals surface area (Å²) in [5.41, 5.74) is 0.160. The minimum Gasteiger partial charge on any atom is -0.496 e. The van der Waals surface area contributed by atoms with Crippen LogP contribution in [0.1, 0.15) is 29.6 Å². The zero-order valence-electron chi connectivity index (χ0n) is 13.5. The highest BCUT2D eigenvalue weighted by Gasteiger charge is 2.44. The topological polar surface area (TPSA) is 78.9 Å². The van der Waals surface area contributed by atoms with Gasteiger partial charge < -0.3 is 20.1 Å². The number of benzene rings is 1. The van der Waals surface area contributed by atoms with Crippen LogP contribution in [0.25, 0.3) is 0 Å². The second kappa shape index (κ2) is 6.39. The normalized spacial score (nSPS) is 22.6. The standard InChI is InChI=1S/C17H21FN2O4/c1-24-14-3-2-11(18)8-12(14)15(21)20-6-4-17(5-7-20)9-13(16(22)23)19-10-17/h2-3,8,13,19H,4-7,9-10H2,1H3,(H,22,23)/t13-/m1/s1. The molecule has 0 unspecified atom stereocenters. The van der Waals surface area contributed by atoms with Crippen LogP contribution < -0.4 is 10.1 Å². The number of methoxy groups -OCH3 is 1. The maximum Gasteiger partial charge on any atom is 0.320 e. The fourth-order valence-corrected chi connectivity index (χ4v) is 3.67. The van der Waals surface area contributed by atoms with Crippen LogP contribution in [0.4, 0.5) is 4.39 Å². The minimum atomic E-state index is -0.824. The lowest BCUT2D eigenvalue weighted by atomic mass is 9.76. The van der Waals surface area contributed by atoms with Gasteiger partial charge in [0.15, 0.2) is 0 Å². The molecule has 1 aromatic carbocycles. The van der Waals surface area contributed by atoms with Crippen molar-refractivity contribution in [1.29, 1.82) is 0 Å². The number of aliphatic carboxylic acids is 1. The summed E-state index contributed by atoms with van der Waals surface area (Å²) < 4.78 is 18.6. The first-order chi connectivity index (χ1) is 11.4. The molecule has 1 atom stereocenters. The number of nitrogens with zero attached hydrogens (tertiary/aromatic N) is 1. The molecule has 2 N–H and O–H groups in total. The number of nitrogens with one attached hydrogen (secondary N) is 1. The van der Waals surface area contributed by atoms with E-state index in [0.717, 1.165) is 12.8 Å². The van der Waals surface area contributed by atoms with Crippen molar-refractivity contribution in [2.24, 2.45) is 5.41 Å². The van der Waals surface area contributed by atoms with Gasteiger partial charge >= 0.3 is 5.97 Å². The van der Waals surface area contributed by atoms with Crippen molar-refractivity contribution in [2.75, 3.05) is 26.7 Å². The van der Waals surface area contributed by atoms with Crippen LogP contribution >= 0.6 is 0 Å². The molecule has 0 bridgehead atoms. The predicted octanol–water partition coefficient (Wildman–Crippen LogP) is 1.50. The summed E-state index contributed by atoms with van der Waals surface area (Å²) in [6.45, 7) is 1.73. The van der Waals surface area contributed by atoms with E-state index < -0.39 is 17.8 Å². The largest absolute Gasteiger partial charge is 0.496 e. The van der Waals surface area contributed by atoms with E-state index in [-0.39, 0.29) is 16.9 Å². The lowest BCUT2D eigenvalue weighted by Crippen LogP contribution is -2.44. The number of carbonyl (C=O) groups is 2. The molecule has 2 heterocycles. The van der Waals surface area contributed by atoms with Crippen molar-refractivity contribution in [2.45, 2.75) is 25.3 Å². The van der Waals surface area contributed by atoms with Gasteiger partial charge in [-0.05, 0) is 42.9 Å². The lowest BCUT2D eigenvalue weighted by molar-refractivity contribution is -0.139. The van der Waals surface area contributed by atoms with Crippen molar-refractivity contribution >= 4 is 11.9 Å². The highest BCUT2D eigenvalue weighted by molar-refractivity contribution is 5.97. The number of rotatable bonds is 3. The molecule has 1 spiro atoms. The lowest BCUT2D eigenvalue weighted by Gasteiger charge is -2.39. The first-order valence-corrected chi connectivity index (χ1v) is 8.03. The number of amides is 1. The number of hydrogen-bond donors (Lipinski definition) is 2. The molecule has 2 aliphatic rings. The first-order valence-electron chi connectivity index (χ1n) is 8.03. The Morgan fingerprint density at radius 2 is 2.08 bits per heavy atom. The third kappa shape index (κ3) is 3.08. The Morgan fingerprint density at radius 3 is 2.67 bits per heavy atom. The Labute approximate surface area is 139 Å². The molecule has 0 aliphatic carbocycles. The number of hydrogen-bond acceptors (Lipinski definition) is 4. The molecule has 24 heavy (non-hydrogen) atoms. The summed E-state index contributed by atoms with van der Waals surface area (Å²) in [5.74, 6) is -1.19. The molecular formula is C17H21FN2O4. The third-order valence-electron chi connectivity index (χ3n) is 5.16. The van der Waals surface area contributed by atoms with Crippen LogP contribution in [0, 0.1) is 11.2 Å². The summed E-state index contributed by atoms with van der Waals surface area (Å²) in [5, 5.41) is 12.2. The second-order valence-electron chi connectivity index (χ2n) is 6.61. The van der Waals surface area contributed by atoms with E-state index in [1.807, 2.05) is 0 Å². The summed E-state index contributed by atoms with van der Waals surface area (Å²) in [7, 11) is 1.45. The van der Waals surface area contributed by atoms with Gasteiger partial charge in [-0.1, -0.05) is 0 Å². The SMILES string of the molecule is COc1ccc(F)cc1C(=O)N1CCC2(CC1)CN[C@@H](C(=O)O)C2. The van der Waals surface area contributed by atoms with Crippen molar-refractivity contribution in [3.63, 3.8) is 0 Å². The monoisotopic (exact) mass is 336 g/mol. The van der Waals surface area contributed by atoms with Gasteiger partial charge in [0, 0.05) is 19.6 Å². The molecule has 2 saturated heterocycles. The van der Waals surface area contributed by atoms with Gasteiger partial charge in [0.25, 0.3) is 5.91 Å². The van der Waals surface area contributed by atoms with Gasteiger partial charge in [0.05, 0.1) is 12.7 Å². The van der Waals surface area contributed by atoms with Gasteiger partial charge in [0.1, 0.15) is 17.6 Å². The molecule has 0 radical (unpaired) electrons. The van der Waals surface area contributed by atoms with Crippen LogP contribution in [0.2, 0.25) is 0 Å². The van der Waals surface area contributed by atoms with Gasteiger partial charge in [-0.2, -0.15) is 0 Å². The Hall–Kier alpha value is -2.15. The van der Waals surface area contributed by atoms with Crippen LogP contribution in [-0.4, -0.2) is 54.7 Å². The molecule has 130 valence electrons. The van der Waals surface area contributed by atoms with Crippen LogP contribution in [0.15, 0.2) is 18.2 Å². The molecule has 6 nitrogen and oxygen atoms in total. The first kappa shape index (κ1) is 16.7. The molecule has 0 aromatic heterocycles. The van der Waals surface area contributed by atoms with E-state index >= 15 is 0 Å². The Balaban J connectivity index is 1.68. The number of halogens is 1. The van der Waals surface area contributed by atoms with E-state index in [1.54, 1.807) is 4.90 Å². The summed E-state index contributed by atoms with van der Waals surface area (Å²) in [6.07, 6.45) is 2.08. The predicted molar refractivity (Wildman–Crippen MR) is 84.6 cm³/mol. The molecule has 2 aliphatic heterocycles. The van der Waals surface area contributed by atoms with E-state index in [4.69, 9.17) is 9.84 Å². The highest BCUT2D eigenvalue weighted by atomic mass is 19.1. The fraction of sp³-hybridized carbons (Fsp3) is 0.529. The second-order valence-corrected chi connectivity index (χ2v) is 6.61. The van der Waals surface area contributed by atoms with Crippen molar-refractivity contribution in [3.05, 3.63) is 29.6 Å². The van der Waals surface area contributed by atoms with E-state index in [1.165, 1.54) is 25.3 Å². The average Bonchev–Trinajstić information content (AvgIpc) is 2.99. The summed E-state index contributed by atoms with van der Waals surface area (Å²) in [4.78, 5) is 25.5. The van der Waals surface area contributed by atoms with E-state index in [9.17, 15) is 14.0 Å². The molecule has 2 fully saturated rings. The number of carbonyl (C=O) groups excluding carboxylic acids is 1. The number of likely N-dealkylation sites (tertiary alicyclic amines) is 1. The van der Waals surface area contributed by atoms with Gasteiger partial charge in [-0.3, -0.25) is 9.59 Å². The molecule has 0 saturated carbocycles.